The number of hydrogen-bond acceptors (Lipinski definition) is 11. The van der Waals surface area contributed by atoms with Crippen LogP contribution in [0.25, 0.3) is 10.1 Å². The van der Waals surface area contributed by atoms with Crippen molar-refractivity contribution in [1.29, 1.82) is 5.26 Å². The molecular weight excluding hydrogens is 715 g/mol. The second-order valence-electron chi connectivity index (χ2n) is 9.27. The fraction of sp³-hybridized carbons (Fsp3) is 0.360. The Morgan fingerprint density at radius 3 is 2.06 bits per heavy atom. The van der Waals surface area contributed by atoms with Gasteiger partial charge in [-0.2, -0.15) is 36.3 Å². The number of nitriles is 1. The Labute approximate surface area is 264 Å². The van der Waals surface area contributed by atoms with Gasteiger partial charge in [0.2, 0.25) is 11.5 Å². The van der Waals surface area contributed by atoms with Gasteiger partial charge in [0.1, 0.15) is 10.5 Å². The third-order valence-corrected chi connectivity index (χ3v) is 11.3. The Morgan fingerprint density at radius 1 is 0.979 bits per heavy atom. The van der Waals surface area contributed by atoms with Crippen LogP contribution in [0.5, 0.6) is 11.5 Å². The molecule has 5 N–H and O–H groups in total. The highest BCUT2D eigenvalue weighted by atomic mass is 32.2. The number of thiophene rings is 1. The fourth-order valence-electron chi connectivity index (χ4n) is 3.70. The molecule has 0 amide bonds. The predicted octanol–water partition coefficient (Wildman–Crippen LogP) is 4.47. The molecule has 0 saturated carbocycles. The van der Waals surface area contributed by atoms with Gasteiger partial charge in [0.15, 0.2) is 11.6 Å². The Bertz CT molecular complexity index is 1790. The normalized spacial score (nSPS) is 13.6. The van der Waals surface area contributed by atoms with Crippen LogP contribution in [-0.4, -0.2) is 53.2 Å². The van der Waals surface area contributed by atoms with Crippen molar-refractivity contribution in [2.75, 3.05) is 32.6 Å². The van der Waals surface area contributed by atoms with E-state index < -0.39 is 95.9 Å². The molecule has 1 atom stereocenters. The van der Waals surface area contributed by atoms with E-state index in [9.17, 15) is 44.1 Å². The number of ether oxygens (including phenoxy) is 2. The van der Waals surface area contributed by atoms with Crippen LogP contribution in [0, 0.1) is 23.0 Å². The average Bonchev–Trinajstić information content (AvgIpc) is 3.46. The van der Waals surface area contributed by atoms with Crippen molar-refractivity contribution in [2.24, 2.45) is 11.5 Å². The molecule has 47 heavy (non-hydrogen) atoms. The minimum Gasteiger partial charge on any atom is -0.487 e. The van der Waals surface area contributed by atoms with Crippen LogP contribution in [0.4, 0.5) is 35.1 Å². The highest BCUT2D eigenvalue weighted by Crippen LogP contribution is 2.49. The second kappa shape index (κ2) is 14.7. The monoisotopic (exact) mass is 738 g/mol. The molecule has 0 saturated heterocycles. The van der Waals surface area contributed by atoms with Crippen molar-refractivity contribution in [3.05, 3.63) is 47.0 Å². The third kappa shape index (κ3) is 8.69. The Morgan fingerprint density at radius 2 is 1.55 bits per heavy atom. The molecule has 22 heteroatoms. The minimum atomic E-state index is -5.82. The maximum atomic E-state index is 15.5. The number of hydrogen-bond donors (Lipinski definition) is 3. The number of nitrogens with zero attached hydrogens (tertiary/aromatic N) is 1. The van der Waals surface area contributed by atoms with Crippen LogP contribution in [0.15, 0.2) is 28.5 Å². The van der Waals surface area contributed by atoms with Crippen LogP contribution < -0.4 is 31.0 Å². The number of carbonyl (C=O) groups excluding carboxylic acids is 1. The third-order valence-electron chi connectivity index (χ3n) is 5.95. The fourth-order valence-corrected chi connectivity index (χ4v) is 8.51. The van der Waals surface area contributed by atoms with Gasteiger partial charge >= 0.3 is 18.3 Å². The topological polar surface area (TPSA) is 184 Å². The lowest BCUT2D eigenvalue weighted by molar-refractivity contribution is -0.189. The summed E-state index contributed by atoms with van der Waals surface area (Å²) in [6, 6.07) is 2.67. The van der Waals surface area contributed by atoms with Gasteiger partial charge in [-0.15, -0.1) is 11.3 Å². The number of nitrogens with one attached hydrogen (secondary N) is 1. The molecule has 2 aromatic carbocycles. The summed E-state index contributed by atoms with van der Waals surface area (Å²) in [7, 11) is -10.6. The number of nitrogens with two attached hydrogens (primary N) is 2. The molecule has 1 aromatic heterocycles. The number of alkyl halides is 6. The number of rotatable bonds is 14. The highest BCUT2D eigenvalue weighted by molar-refractivity contribution is 7.92. The largest absolute Gasteiger partial charge is 0.491 e. The van der Waals surface area contributed by atoms with Crippen molar-refractivity contribution in [3.63, 3.8) is 0 Å². The minimum absolute atomic E-state index is 0.0279. The summed E-state index contributed by atoms with van der Waals surface area (Å²) in [5, 5.41) is 7.13. The maximum Gasteiger partial charge on any atom is 0.491 e. The smallest absolute Gasteiger partial charge is 0.487 e. The van der Waals surface area contributed by atoms with Gasteiger partial charge in [-0.1, -0.05) is 0 Å². The van der Waals surface area contributed by atoms with E-state index in [4.69, 9.17) is 26.2 Å². The molecule has 258 valence electrons. The predicted molar refractivity (Wildman–Crippen MR) is 151 cm³/mol. The lowest BCUT2D eigenvalue weighted by Crippen LogP contribution is -2.32. The van der Waals surface area contributed by atoms with Gasteiger partial charge < -0.3 is 25.5 Å². The van der Waals surface area contributed by atoms with E-state index in [1.807, 2.05) is 0 Å². The molecule has 0 aliphatic carbocycles. The number of carbonyl (C=O) groups is 1. The lowest BCUT2D eigenvalue weighted by atomic mass is 10.1. The van der Waals surface area contributed by atoms with E-state index in [2.05, 4.69) is 4.52 Å². The Hall–Kier alpha value is -3.54. The quantitative estimate of drug-likeness (QED) is 0.121. The van der Waals surface area contributed by atoms with Crippen molar-refractivity contribution in [1.82, 2.24) is 4.72 Å². The van der Waals surface area contributed by atoms with E-state index in [1.165, 1.54) is 6.07 Å². The molecule has 1 heterocycles. The molecule has 1 unspecified atom stereocenters. The molecule has 11 nitrogen and oxygen atoms in total. The van der Waals surface area contributed by atoms with Gasteiger partial charge in [0.05, 0.1) is 40.4 Å². The summed E-state index contributed by atoms with van der Waals surface area (Å²) < 4.78 is 165. The van der Waals surface area contributed by atoms with E-state index >= 15 is 8.78 Å². The maximum absolute atomic E-state index is 15.5. The van der Waals surface area contributed by atoms with E-state index in [1.54, 1.807) is 4.72 Å². The molecular formula is C25H23F8N4O7PS2. The zero-order valence-corrected chi connectivity index (χ0v) is 26.0. The molecule has 3 aromatic rings. The highest BCUT2D eigenvalue weighted by Gasteiger charge is 2.47. The first-order valence-electron chi connectivity index (χ1n) is 12.9. The van der Waals surface area contributed by atoms with E-state index in [-0.39, 0.29) is 56.5 Å². The van der Waals surface area contributed by atoms with E-state index in [0.29, 0.717) is 18.2 Å². The summed E-state index contributed by atoms with van der Waals surface area (Å²) in [6.45, 7) is -0.157. The molecule has 0 spiro atoms. The van der Waals surface area contributed by atoms with Gasteiger partial charge in [0, 0.05) is 5.39 Å². The Balaban J connectivity index is 2.09. The van der Waals surface area contributed by atoms with Gasteiger partial charge in [0.25, 0.3) is 17.4 Å². The van der Waals surface area contributed by atoms with Crippen LogP contribution in [0.2, 0.25) is 0 Å². The number of halogens is 8. The molecule has 3 rings (SSSR count). The molecule has 0 fully saturated rings. The SMILES string of the molecule is N#Cc1ccc(P(=O)(CNS(=O)(=O)c2cc3c(F)c(OCCCN)c(OCCCN)c(F)c3s2)OC(=O)C(F)(F)F)cc1C(F)(F)F. The number of fused-ring (bicyclic) bond motifs is 1. The average molecular weight is 739 g/mol. The lowest BCUT2D eigenvalue weighted by Gasteiger charge is -2.21. The number of sulfonamides is 1. The van der Waals surface area contributed by atoms with Gasteiger partial charge in [-0.25, -0.2) is 22.0 Å². The van der Waals surface area contributed by atoms with Gasteiger partial charge in [-0.3, -0.25) is 4.57 Å². The number of benzene rings is 2. The molecule has 0 radical (unpaired) electrons. The van der Waals surface area contributed by atoms with Crippen molar-refractivity contribution in [3.8, 4) is 17.6 Å². The summed E-state index contributed by atoms with van der Waals surface area (Å²) in [5.74, 6) is -7.09. The van der Waals surface area contributed by atoms with Crippen LogP contribution in [0.3, 0.4) is 0 Å². The summed E-state index contributed by atoms with van der Waals surface area (Å²) in [4.78, 5) is 11.6. The van der Waals surface area contributed by atoms with Crippen LogP contribution in [-0.2, 0) is 30.1 Å². The van der Waals surface area contributed by atoms with Crippen LogP contribution in [0.1, 0.15) is 24.0 Å². The van der Waals surface area contributed by atoms with Crippen molar-refractivity contribution >= 4 is 50.1 Å². The van der Waals surface area contributed by atoms with Gasteiger partial charge in [-0.05, 0) is 50.2 Å². The first-order valence-corrected chi connectivity index (χ1v) is 17.0. The Kier molecular flexibility index (Phi) is 11.9. The summed E-state index contributed by atoms with van der Waals surface area (Å²) >= 11 is 0.103. The van der Waals surface area contributed by atoms with Crippen molar-refractivity contribution < 1.29 is 66.9 Å². The standard InChI is InChI=1S/C25H23F8N4O7PS2/c26-18-15-10-17(46-22(15)19(27)21(43-8-2-6-35)20(18)42-7-1-5-34)47(40,41)37-12-45(39,44-23(38)25(31,32)33)14-4-3-13(11-36)16(9-14)24(28,29)30/h3-4,9-10,37H,1-2,5-8,12,34-35H2. The zero-order chi connectivity index (χ0) is 35.4. The molecule has 0 bridgehead atoms. The van der Waals surface area contributed by atoms with Crippen LogP contribution >= 0.6 is 18.7 Å². The summed E-state index contributed by atoms with van der Waals surface area (Å²) in [6.07, 6.45) is -12.4. The summed E-state index contributed by atoms with van der Waals surface area (Å²) in [5.41, 5.74) is 7.97. The zero-order valence-electron chi connectivity index (χ0n) is 23.5. The first-order chi connectivity index (χ1) is 21.8. The first kappa shape index (κ1) is 37.9. The molecule has 0 aliphatic heterocycles. The molecule has 0 aliphatic rings. The van der Waals surface area contributed by atoms with E-state index in [0.717, 1.165) is 0 Å². The van der Waals surface area contributed by atoms with Crippen molar-refractivity contribution in [2.45, 2.75) is 29.4 Å². The second-order valence-corrected chi connectivity index (χ2v) is 14.7.